The zero-order valence-electron chi connectivity index (χ0n) is 15.3. The molecule has 26 heavy (non-hydrogen) atoms. The van der Waals surface area contributed by atoms with E-state index in [0.29, 0.717) is 24.0 Å². The van der Waals surface area contributed by atoms with E-state index in [4.69, 9.17) is 0 Å². The van der Waals surface area contributed by atoms with Crippen LogP contribution in [0.25, 0.3) is 0 Å². The van der Waals surface area contributed by atoms with E-state index in [9.17, 15) is 4.21 Å². The highest BCUT2D eigenvalue weighted by Crippen LogP contribution is 2.22. The van der Waals surface area contributed by atoms with Gasteiger partial charge in [0.2, 0.25) is 0 Å². The van der Waals surface area contributed by atoms with Crippen molar-refractivity contribution in [1.29, 1.82) is 0 Å². The number of fused-ring (bicyclic) bond motifs is 1. The molecule has 8 heteroatoms. The summed E-state index contributed by atoms with van der Waals surface area (Å²) >= 11 is 0. The van der Waals surface area contributed by atoms with Gasteiger partial charge in [0.15, 0.2) is 5.96 Å². The van der Waals surface area contributed by atoms with E-state index in [-0.39, 0.29) is 6.04 Å². The maximum absolute atomic E-state index is 12.2. The number of benzene rings is 1. The molecule has 0 fully saturated rings. The summed E-state index contributed by atoms with van der Waals surface area (Å²) in [6, 6.07) is 10.0. The van der Waals surface area contributed by atoms with Crippen LogP contribution in [0.2, 0.25) is 0 Å². The van der Waals surface area contributed by atoms with Crippen molar-refractivity contribution in [2.45, 2.75) is 38.1 Å². The van der Waals surface area contributed by atoms with Gasteiger partial charge in [-0.3, -0.25) is 9.20 Å². The third-order valence-electron chi connectivity index (χ3n) is 4.31. The SMILES string of the molecule is CN=C(NCCS(=O)Cc1ccccc1)NC1CCCn2nc(C)nc21. The molecule has 1 aromatic heterocycles. The van der Waals surface area contributed by atoms with E-state index in [1.54, 1.807) is 7.05 Å². The smallest absolute Gasteiger partial charge is 0.191 e. The van der Waals surface area contributed by atoms with Crippen LogP contribution >= 0.6 is 0 Å². The summed E-state index contributed by atoms with van der Waals surface area (Å²) in [5, 5.41) is 11.1. The summed E-state index contributed by atoms with van der Waals surface area (Å²) in [7, 11) is 0.844. The van der Waals surface area contributed by atoms with Gasteiger partial charge in [-0.15, -0.1) is 0 Å². The molecule has 2 atom stereocenters. The quantitative estimate of drug-likeness (QED) is 0.592. The van der Waals surface area contributed by atoms with Crippen molar-refractivity contribution in [2.24, 2.45) is 4.99 Å². The van der Waals surface area contributed by atoms with Crippen molar-refractivity contribution >= 4 is 16.8 Å². The number of aliphatic imine (C=N–C) groups is 1. The summed E-state index contributed by atoms with van der Waals surface area (Å²) < 4.78 is 14.2. The summed E-state index contributed by atoms with van der Waals surface area (Å²) in [5.41, 5.74) is 1.10. The number of rotatable bonds is 6. The third-order valence-corrected chi connectivity index (χ3v) is 5.62. The highest BCUT2D eigenvalue weighted by molar-refractivity contribution is 7.84. The average molecular weight is 375 g/mol. The van der Waals surface area contributed by atoms with Crippen LogP contribution in [-0.4, -0.2) is 44.3 Å². The second-order valence-corrected chi connectivity index (χ2v) is 7.93. The summed E-state index contributed by atoms with van der Waals surface area (Å²) in [6.07, 6.45) is 2.06. The molecule has 1 aliphatic rings. The predicted octanol–water partition coefficient (Wildman–Crippen LogP) is 1.54. The van der Waals surface area contributed by atoms with Crippen LogP contribution in [0.1, 0.15) is 36.1 Å². The lowest BCUT2D eigenvalue weighted by Crippen LogP contribution is -2.42. The number of guanidine groups is 1. The lowest BCUT2D eigenvalue weighted by molar-refractivity contribution is 0.398. The fraction of sp³-hybridized carbons (Fsp3) is 0.500. The van der Waals surface area contributed by atoms with Crippen LogP contribution in [0.5, 0.6) is 0 Å². The van der Waals surface area contributed by atoms with E-state index in [0.717, 1.165) is 36.6 Å². The molecule has 7 nitrogen and oxygen atoms in total. The van der Waals surface area contributed by atoms with Gasteiger partial charge in [0.25, 0.3) is 0 Å². The first-order chi connectivity index (χ1) is 12.7. The first kappa shape index (κ1) is 18.6. The topological polar surface area (TPSA) is 84.2 Å². The highest BCUT2D eigenvalue weighted by Gasteiger charge is 2.24. The lowest BCUT2D eigenvalue weighted by atomic mass is 10.1. The molecule has 2 N–H and O–H groups in total. The van der Waals surface area contributed by atoms with Crippen molar-refractivity contribution < 1.29 is 4.21 Å². The van der Waals surface area contributed by atoms with Gasteiger partial charge in [-0.1, -0.05) is 30.3 Å². The average Bonchev–Trinajstić information content (AvgIpc) is 3.03. The van der Waals surface area contributed by atoms with Crippen molar-refractivity contribution in [3.05, 3.63) is 47.5 Å². The van der Waals surface area contributed by atoms with Crippen LogP contribution < -0.4 is 10.6 Å². The molecule has 0 radical (unpaired) electrons. The number of nitrogens with one attached hydrogen (secondary N) is 2. The molecule has 140 valence electrons. The molecular weight excluding hydrogens is 348 g/mol. The minimum atomic E-state index is -0.901. The van der Waals surface area contributed by atoms with Crippen LogP contribution in [0.15, 0.2) is 35.3 Å². The van der Waals surface area contributed by atoms with Gasteiger partial charge in [-0.05, 0) is 25.3 Å². The Morgan fingerprint density at radius 2 is 2.19 bits per heavy atom. The molecule has 2 unspecified atom stereocenters. The Morgan fingerprint density at radius 3 is 2.96 bits per heavy atom. The molecule has 2 aromatic rings. The highest BCUT2D eigenvalue weighted by atomic mass is 32.2. The molecule has 1 aliphatic heterocycles. The van der Waals surface area contributed by atoms with E-state index >= 15 is 0 Å². The normalized spacial score (nSPS) is 18.2. The monoisotopic (exact) mass is 374 g/mol. The maximum Gasteiger partial charge on any atom is 0.191 e. The first-order valence-electron chi connectivity index (χ1n) is 8.93. The Labute approximate surface area is 156 Å². The molecule has 1 aromatic carbocycles. The van der Waals surface area contributed by atoms with Crippen molar-refractivity contribution in [1.82, 2.24) is 25.4 Å². The summed E-state index contributed by atoms with van der Waals surface area (Å²) in [6.45, 7) is 3.44. The zero-order chi connectivity index (χ0) is 18.4. The number of nitrogens with zero attached hydrogens (tertiary/aromatic N) is 4. The standard InChI is InChI=1S/C18H26N6OS/c1-14-21-17-16(9-6-11-24(17)23-14)22-18(19-2)20-10-12-26(25)13-15-7-4-3-5-8-15/h3-5,7-8,16H,6,9-13H2,1-2H3,(H2,19,20,22). The minimum Gasteiger partial charge on any atom is -0.355 e. The van der Waals surface area contributed by atoms with Crippen LogP contribution in [0.3, 0.4) is 0 Å². The number of hydrogen-bond donors (Lipinski definition) is 2. The van der Waals surface area contributed by atoms with Gasteiger partial charge in [0.1, 0.15) is 11.6 Å². The van der Waals surface area contributed by atoms with Gasteiger partial charge in [0, 0.05) is 42.4 Å². The largest absolute Gasteiger partial charge is 0.355 e. The maximum atomic E-state index is 12.2. The molecule has 0 aliphatic carbocycles. The van der Waals surface area contributed by atoms with Crippen LogP contribution in [-0.2, 0) is 23.1 Å². The van der Waals surface area contributed by atoms with Gasteiger partial charge >= 0.3 is 0 Å². The van der Waals surface area contributed by atoms with Crippen molar-refractivity contribution in [3.63, 3.8) is 0 Å². The summed E-state index contributed by atoms with van der Waals surface area (Å²) in [4.78, 5) is 8.81. The van der Waals surface area contributed by atoms with E-state index in [1.807, 2.05) is 41.9 Å². The van der Waals surface area contributed by atoms with Gasteiger partial charge in [-0.2, -0.15) is 5.10 Å². The van der Waals surface area contributed by atoms with Crippen LogP contribution in [0, 0.1) is 6.92 Å². The van der Waals surface area contributed by atoms with E-state index < -0.39 is 10.8 Å². The molecule has 0 spiro atoms. The fourth-order valence-electron chi connectivity index (χ4n) is 3.08. The van der Waals surface area contributed by atoms with Gasteiger partial charge in [-0.25, -0.2) is 9.67 Å². The predicted molar refractivity (Wildman–Crippen MR) is 104 cm³/mol. The molecule has 0 amide bonds. The summed E-state index contributed by atoms with van der Waals surface area (Å²) in [5.74, 6) is 3.63. The van der Waals surface area contributed by atoms with E-state index in [1.165, 1.54) is 0 Å². The van der Waals surface area contributed by atoms with Crippen molar-refractivity contribution in [2.75, 3.05) is 19.3 Å². The number of aryl methyl sites for hydroxylation is 2. The Kier molecular flexibility index (Phi) is 6.38. The second-order valence-electron chi connectivity index (χ2n) is 6.35. The molecule has 3 rings (SSSR count). The minimum absolute atomic E-state index is 0.103. The van der Waals surface area contributed by atoms with E-state index in [2.05, 4.69) is 25.7 Å². The van der Waals surface area contributed by atoms with Gasteiger partial charge in [0.05, 0.1) is 6.04 Å². The zero-order valence-corrected chi connectivity index (χ0v) is 16.1. The Morgan fingerprint density at radius 1 is 1.38 bits per heavy atom. The molecule has 0 saturated heterocycles. The Bertz CT molecular complexity index is 773. The number of aromatic nitrogens is 3. The van der Waals surface area contributed by atoms with Crippen LogP contribution in [0.4, 0.5) is 0 Å². The lowest BCUT2D eigenvalue weighted by Gasteiger charge is -2.24. The molecule has 2 heterocycles. The second kappa shape index (κ2) is 8.93. The Balaban J connectivity index is 1.47. The van der Waals surface area contributed by atoms with Crippen molar-refractivity contribution in [3.8, 4) is 0 Å². The molecule has 0 bridgehead atoms. The number of hydrogen-bond acceptors (Lipinski definition) is 4. The third kappa shape index (κ3) is 4.91. The Hall–Kier alpha value is -2.22. The molecular formula is C18H26N6OS. The first-order valence-corrected chi connectivity index (χ1v) is 10.4. The fourth-order valence-corrected chi connectivity index (χ4v) is 4.12. The van der Waals surface area contributed by atoms with Gasteiger partial charge < -0.3 is 10.6 Å². The molecule has 0 saturated carbocycles.